The van der Waals surface area contributed by atoms with Gasteiger partial charge in [0.05, 0.1) is 9.40 Å². The van der Waals surface area contributed by atoms with Crippen LogP contribution in [0.4, 0.5) is 11.5 Å². The van der Waals surface area contributed by atoms with Crippen LogP contribution < -0.4 is 5.32 Å². The number of pyridine rings is 1. The quantitative estimate of drug-likeness (QED) is 0.649. The number of halogens is 1. The molecule has 2 rings (SSSR count). The minimum atomic E-state index is -0.398. The van der Waals surface area contributed by atoms with Gasteiger partial charge in [-0.1, -0.05) is 26.2 Å². The molecule has 0 saturated heterocycles. The monoisotopic (exact) mass is 341 g/mol. The summed E-state index contributed by atoms with van der Waals surface area (Å²) in [5.41, 5.74) is 0.674. The molecule has 110 valence electrons. The lowest BCUT2D eigenvalue weighted by atomic mass is 9.84. The van der Waals surface area contributed by atoms with Crippen molar-refractivity contribution >= 4 is 27.4 Å². The first-order valence-electron chi connectivity index (χ1n) is 7.09. The van der Waals surface area contributed by atoms with Crippen molar-refractivity contribution in [3.8, 4) is 0 Å². The summed E-state index contributed by atoms with van der Waals surface area (Å²) >= 11 is 3.43. The molecule has 1 aliphatic carbocycles. The second-order valence-corrected chi connectivity index (χ2v) is 6.26. The van der Waals surface area contributed by atoms with E-state index in [9.17, 15) is 10.1 Å². The largest absolute Gasteiger partial charge is 0.366 e. The Morgan fingerprint density at radius 1 is 1.55 bits per heavy atom. The molecule has 0 radical (unpaired) electrons. The summed E-state index contributed by atoms with van der Waals surface area (Å²) in [4.78, 5) is 14.7. The Bertz CT molecular complexity index is 507. The Kier molecular flexibility index (Phi) is 4.96. The van der Waals surface area contributed by atoms with Crippen LogP contribution in [0.1, 0.15) is 44.6 Å². The van der Waals surface area contributed by atoms with E-state index in [0.29, 0.717) is 16.1 Å². The van der Waals surface area contributed by atoms with Crippen molar-refractivity contribution in [3.05, 3.63) is 26.3 Å². The predicted molar refractivity (Wildman–Crippen MR) is 83.0 cm³/mol. The van der Waals surface area contributed by atoms with Crippen molar-refractivity contribution in [1.29, 1.82) is 0 Å². The molecule has 0 bridgehead atoms. The van der Waals surface area contributed by atoms with E-state index in [4.69, 9.17) is 0 Å². The van der Waals surface area contributed by atoms with Gasteiger partial charge in [-0.25, -0.2) is 4.98 Å². The summed E-state index contributed by atoms with van der Waals surface area (Å²) in [6, 6.07) is 0.415. The summed E-state index contributed by atoms with van der Waals surface area (Å²) in [6.07, 6.45) is 7.39. The molecular formula is C14H20BrN3O2. The zero-order valence-corrected chi connectivity index (χ0v) is 13.4. The van der Waals surface area contributed by atoms with Gasteiger partial charge in [0, 0.05) is 11.6 Å². The topological polar surface area (TPSA) is 68.1 Å². The fourth-order valence-corrected chi connectivity index (χ4v) is 3.26. The summed E-state index contributed by atoms with van der Waals surface area (Å²) in [7, 11) is 0. The second-order valence-electron chi connectivity index (χ2n) is 5.47. The van der Waals surface area contributed by atoms with Gasteiger partial charge in [0.1, 0.15) is 12.0 Å². The number of anilines is 1. The Labute approximate surface area is 127 Å². The molecule has 1 saturated carbocycles. The summed E-state index contributed by atoms with van der Waals surface area (Å²) < 4.78 is 0.699. The van der Waals surface area contributed by atoms with Gasteiger partial charge in [-0.05, 0) is 41.6 Å². The maximum absolute atomic E-state index is 10.9. The third-order valence-corrected chi connectivity index (χ3v) is 5.11. The second kappa shape index (κ2) is 6.52. The highest BCUT2D eigenvalue weighted by atomic mass is 79.9. The van der Waals surface area contributed by atoms with E-state index in [1.807, 2.05) is 0 Å². The lowest BCUT2D eigenvalue weighted by Crippen LogP contribution is -2.27. The molecule has 6 heteroatoms. The first kappa shape index (κ1) is 15.2. The number of nitro groups is 1. The van der Waals surface area contributed by atoms with Crippen molar-refractivity contribution < 1.29 is 4.92 Å². The normalized spacial score (nSPS) is 22.6. The molecule has 20 heavy (non-hydrogen) atoms. The van der Waals surface area contributed by atoms with Crippen molar-refractivity contribution in [2.24, 2.45) is 5.92 Å². The summed E-state index contributed by atoms with van der Waals surface area (Å²) in [5, 5.41) is 14.3. The molecule has 2 atom stereocenters. The van der Waals surface area contributed by atoms with Crippen LogP contribution in [0.15, 0.2) is 10.7 Å². The molecule has 2 unspecified atom stereocenters. The van der Waals surface area contributed by atoms with Crippen LogP contribution in [-0.4, -0.2) is 15.9 Å². The molecule has 1 aromatic heterocycles. The van der Waals surface area contributed by atoms with Gasteiger partial charge in [0.15, 0.2) is 0 Å². The maximum Gasteiger partial charge on any atom is 0.291 e. The minimum absolute atomic E-state index is 0.0532. The highest BCUT2D eigenvalue weighted by Gasteiger charge is 2.23. The molecule has 0 aliphatic heterocycles. The molecule has 1 aliphatic rings. The van der Waals surface area contributed by atoms with Crippen molar-refractivity contribution in [2.45, 2.75) is 52.0 Å². The van der Waals surface area contributed by atoms with Crippen molar-refractivity contribution in [3.63, 3.8) is 0 Å². The molecule has 0 spiro atoms. The number of rotatable bonds is 4. The third-order valence-electron chi connectivity index (χ3n) is 4.13. The Balaban J connectivity index is 2.14. The van der Waals surface area contributed by atoms with Crippen LogP contribution in [0.3, 0.4) is 0 Å². The molecule has 1 aromatic rings. The Morgan fingerprint density at radius 2 is 2.30 bits per heavy atom. The summed E-state index contributed by atoms with van der Waals surface area (Å²) in [5.74, 6) is 1.49. The number of aromatic nitrogens is 1. The first-order chi connectivity index (χ1) is 9.52. The van der Waals surface area contributed by atoms with Crippen LogP contribution in [0, 0.1) is 23.0 Å². The first-order valence-corrected chi connectivity index (χ1v) is 7.88. The smallest absolute Gasteiger partial charge is 0.291 e. The van der Waals surface area contributed by atoms with Gasteiger partial charge >= 0.3 is 0 Å². The number of nitrogens with one attached hydrogen (secondary N) is 1. The molecule has 1 N–H and O–H groups in total. The van der Waals surface area contributed by atoms with E-state index in [-0.39, 0.29) is 5.69 Å². The molecule has 0 amide bonds. The van der Waals surface area contributed by atoms with Crippen LogP contribution in [0.5, 0.6) is 0 Å². The van der Waals surface area contributed by atoms with Gasteiger partial charge in [0.25, 0.3) is 5.69 Å². The van der Waals surface area contributed by atoms with Gasteiger partial charge in [-0.3, -0.25) is 10.1 Å². The standard InChI is InChI=1S/C14H20BrN3O2/c1-3-10-5-4-6-11(7-10)17-14-13(15)9(2)12(8-16-14)18(19)20/h8,10-11H,3-7H2,1-2H3,(H,16,17). The van der Waals surface area contributed by atoms with Crippen LogP contribution >= 0.6 is 15.9 Å². The average molecular weight is 342 g/mol. The van der Waals surface area contributed by atoms with E-state index in [0.717, 1.165) is 24.6 Å². The predicted octanol–water partition coefficient (Wildman–Crippen LogP) is 4.44. The Morgan fingerprint density at radius 3 is 2.95 bits per heavy atom. The Hall–Kier alpha value is -1.17. The molecule has 0 aromatic carbocycles. The summed E-state index contributed by atoms with van der Waals surface area (Å²) in [6.45, 7) is 3.97. The SMILES string of the molecule is CCC1CCCC(Nc2ncc([N+](=O)[O-])c(C)c2Br)C1. The van der Waals surface area contributed by atoms with E-state index in [1.165, 1.54) is 25.5 Å². The van der Waals surface area contributed by atoms with E-state index >= 15 is 0 Å². The maximum atomic E-state index is 10.9. The number of nitrogens with zero attached hydrogens (tertiary/aromatic N) is 2. The van der Waals surface area contributed by atoms with Crippen molar-refractivity contribution in [2.75, 3.05) is 5.32 Å². The average Bonchev–Trinajstić information content (AvgIpc) is 2.44. The molecular weight excluding hydrogens is 322 g/mol. The van der Waals surface area contributed by atoms with E-state index < -0.39 is 4.92 Å². The van der Waals surface area contributed by atoms with Gasteiger partial charge in [-0.2, -0.15) is 0 Å². The van der Waals surface area contributed by atoms with Crippen molar-refractivity contribution in [1.82, 2.24) is 4.98 Å². The van der Waals surface area contributed by atoms with Crippen LogP contribution in [-0.2, 0) is 0 Å². The molecule has 1 heterocycles. The highest BCUT2D eigenvalue weighted by Crippen LogP contribution is 2.33. The number of hydrogen-bond donors (Lipinski definition) is 1. The van der Waals surface area contributed by atoms with Gasteiger partial charge < -0.3 is 5.32 Å². The van der Waals surface area contributed by atoms with Crippen LogP contribution in [0.25, 0.3) is 0 Å². The highest BCUT2D eigenvalue weighted by molar-refractivity contribution is 9.10. The van der Waals surface area contributed by atoms with E-state index in [2.05, 4.69) is 33.2 Å². The third kappa shape index (κ3) is 3.29. The van der Waals surface area contributed by atoms with Gasteiger partial charge in [-0.15, -0.1) is 0 Å². The number of hydrogen-bond acceptors (Lipinski definition) is 4. The fourth-order valence-electron chi connectivity index (χ4n) is 2.84. The molecule has 1 fully saturated rings. The van der Waals surface area contributed by atoms with E-state index in [1.54, 1.807) is 6.92 Å². The lowest BCUT2D eigenvalue weighted by Gasteiger charge is -2.29. The zero-order valence-electron chi connectivity index (χ0n) is 11.9. The molecule has 5 nitrogen and oxygen atoms in total. The lowest BCUT2D eigenvalue weighted by molar-refractivity contribution is -0.385. The van der Waals surface area contributed by atoms with Crippen LogP contribution in [0.2, 0.25) is 0 Å². The zero-order chi connectivity index (χ0) is 14.7. The van der Waals surface area contributed by atoms with Gasteiger partial charge in [0.2, 0.25) is 0 Å². The minimum Gasteiger partial charge on any atom is -0.366 e. The fraction of sp³-hybridized carbons (Fsp3) is 0.643.